The molecule has 0 radical (unpaired) electrons. The Bertz CT molecular complexity index is 2550. The van der Waals surface area contributed by atoms with E-state index in [9.17, 15) is 85.6 Å². The van der Waals surface area contributed by atoms with Crippen molar-refractivity contribution in [1.29, 1.82) is 0 Å². The van der Waals surface area contributed by atoms with Crippen molar-refractivity contribution < 1.29 is 133 Å². The van der Waals surface area contributed by atoms with Crippen molar-refractivity contribution in [2.45, 2.75) is 249 Å². The van der Waals surface area contributed by atoms with E-state index in [1.165, 1.54) is 6.92 Å². The third-order valence-corrected chi connectivity index (χ3v) is 22.2. The summed E-state index contributed by atoms with van der Waals surface area (Å²) in [4.78, 5) is 53.9. The summed E-state index contributed by atoms with van der Waals surface area (Å²) in [6.45, 7) is 14.6. The van der Waals surface area contributed by atoms with E-state index in [-0.39, 0.29) is 18.8 Å². The van der Waals surface area contributed by atoms with Crippen molar-refractivity contribution in [3.8, 4) is 0 Å². The second-order valence-corrected chi connectivity index (χ2v) is 27.3. The van der Waals surface area contributed by atoms with E-state index in [1.54, 1.807) is 26.8 Å². The minimum absolute atomic E-state index is 0.107. The summed E-state index contributed by atoms with van der Waals surface area (Å²) in [6.07, 6.45) is -32.6. The number of hydrogen-bond acceptors (Lipinski definition) is 26. The second-order valence-electron chi connectivity index (χ2n) is 27.3. The fraction of sp³-hybridized carbons (Fsp3) is 0.864. The Morgan fingerprint density at radius 1 is 0.698 bits per heavy atom. The molecule has 13 N–H and O–H groups in total. The van der Waals surface area contributed by atoms with Crippen LogP contribution in [0.15, 0.2) is 23.3 Å². The standard InChI is InChI=1S/C59H90O27/c1-10-24(2)48(75)85-46-45(72)59(23-62)27(18-54(46,4)5)26-11-12-33-55(6)15-14-34(56(7,22-61)32(55)13-16-57(33,8)58(26,9)19-35(59)78-25(3)63)81-53-44(84-52-40(70)38(68)37(67)31(20-60)80-52)42(41(71)43(83-53)47(73)74)82-50-30(17-28(64)49(76)86-50)79-51-39(69)36(66)29(65)21-77-51/h10-11,22,27-46,49-53,60,62,64-72,76H,12-21,23H2,1-9H3,(H,73,74)/b24-10-/t27-,28+,29+,30+,31+,32+,33+,34-,35+,36-,37-,38-,39+,40+,41-,42-,43-,44+,45-,46-,49-,50+,51-,52-,53+,55-,56-,57+,58+,59-/m0/s1. The summed E-state index contributed by atoms with van der Waals surface area (Å²) in [5.41, 5.74) is -4.44. The van der Waals surface area contributed by atoms with Crippen molar-refractivity contribution in [3.05, 3.63) is 23.3 Å². The van der Waals surface area contributed by atoms with Gasteiger partial charge in [-0.2, -0.15) is 0 Å². The number of allylic oxidation sites excluding steroid dienone is 3. The number of carbonyl (C=O) groups is 4. The van der Waals surface area contributed by atoms with Gasteiger partial charge in [0.2, 0.25) is 0 Å². The van der Waals surface area contributed by atoms with Crippen LogP contribution in [0.25, 0.3) is 0 Å². The highest BCUT2D eigenvalue weighted by molar-refractivity contribution is 5.87. The molecule has 0 amide bonds. The predicted molar refractivity (Wildman–Crippen MR) is 288 cm³/mol. The summed E-state index contributed by atoms with van der Waals surface area (Å²) in [6, 6.07) is 0. The monoisotopic (exact) mass is 1230 g/mol. The maximum absolute atomic E-state index is 14.2. The van der Waals surface area contributed by atoms with Crippen LogP contribution in [-0.4, -0.2) is 246 Å². The Balaban J connectivity index is 1.06. The number of aldehydes is 1. The summed E-state index contributed by atoms with van der Waals surface area (Å²) in [5.74, 6) is -4.20. The van der Waals surface area contributed by atoms with Crippen molar-refractivity contribution in [3.63, 3.8) is 0 Å². The summed E-state index contributed by atoms with van der Waals surface area (Å²) in [5, 5.41) is 143. The van der Waals surface area contributed by atoms with Crippen LogP contribution in [0, 0.1) is 50.2 Å². The number of ether oxygens (including phenoxy) is 10. The molecule has 9 aliphatic rings. The number of carboxylic acids is 1. The topological polar surface area (TPSA) is 424 Å². The first kappa shape index (κ1) is 67.2. The highest BCUT2D eigenvalue weighted by Crippen LogP contribution is 2.76. The molecule has 86 heavy (non-hydrogen) atoms. The molecule has 4 saturated heterocycles. The Hall–Kier alpha value is -3.24. The molecule has 0 aromatic carbocycles. The fourth-order valence-corrected chi connectivity index (χ4v) is 17.0. The Labute approximate surface area is 498 Å². The lowest BCUT2D eigenvalue weighted by molar-refractivity contribution is -0.405. The number of aliphatic hydroxyl groups excluding tert-OH is 12. The minimum Gasteiger partial charge on any atom is -0.479 e. The normalized spacial score (nSPS) is 51.1. The molecule has 27 nitrogen and oxygen atoms in total. The average molecular weight is 1230 g/mol. The Morgan fingerprint density at radius 2 is 1.37 bits per heavy atom. The minimum atomic E-state index is -2.28. The highest BCUT2D eigenvalue weighted by Gasteiger charge is 2.74. The molecule has 27 heteroatoms. The van der Waals surface area contributed by atoms with Gasteiger partial charge in [-0.15, -0.1) is 0 Å². The van der Waals surface area contributed by atoms with E-state index < -0.39 is 224 Å². The van der Waals surface area contributed by atoms with E-state index in [0.717, 1.165) is 11.9 Å². The largest absolute Gasteiger partial charge is 0.479 e. The van der Waals surface area contributed by atoms with E-state index in [1.807, 2.05) is 13.8 Å². The van der Waals surface area contributed by atoms with Crippen LogP contribution in [0.3, 0.4) is 0 Å². The van der Waals surface area contributed by atoms with Gasteiger partial charge in [0.1, 0.15) is 97.8 Å². The summed E-state index contributed by atoms with van der Waals surface area (Å²) >= 11 is 0. The SMILES string of the molecule is C/C=C(/C)C(=O)O[C@H]1[C@H](O)[C@]2(CO)[C@H](OC(C)=O)C[C@]3(C)C(=CC[C@@H]4[C@@]5(C)CC[C@H](O[C@@H]6O[C@H](C(=O)O)[C@@H](O)[C@H](O[C@@H]7O[C@H](O)[C@H](O)C[C@H]7O[C@@H]7OC[C@@H](O)[C@H](O)[C@H]7O)[C@H]6O[C@@H]6O[C@H](CO)[C@H](O)[C@H](O)[C@H]6O)[C@@](C)(C=O)[C@@H]5CC[C@]43C)[C@@H]2CC1(C)C. The maximum atomic E-state index is 14.2. The van der Waals surface area contributed by atoms with Crippen LogP contribution in [0.5, 0.6) is 0 Å². The van der Waals surface area contributed by atoms with Gasteiger partial charge in [0.05, 0.1) is 36.8 Å². The van der Waals surface area contributed by atoms with Crippen molar-refractivity contribution in [2.75, 3.05) is 19.8 Å². The molecule has 4 aliphatic heterocycles. The summed E-state index contributed by atoms with van der Waals surface area (Å²) < 4.78 is 60.5. The number of esters is 2. The first-order valence-corrected chi connectivity index (χ1v) is 29.9. The van der Waals surface area contributed by atoms with Gasteiger partial charge < -0.3 is 119 Å². The highest BCUT2D eigenvalue weighted by atomic mass is 16.8. The lowest BCUT2D eigenvalue weighted by Gasteiger charge is -2.72. The molecule has 0 bridgehead atoms. The van der Waals surface area contributed by atoms with E-state index in [2.05, 4.69) is 26.8 Å². The van der Waals surface area contributed by atoms with Crippen molar-refractivity contribution >= 4 is 24.2 Å². The van der Waals surface area contributed by atoms with Gasteiger partial charge in [-0.25, -0.2) is 9.59 Å². The van der Waals surface area contributed by atoms with Gasteiger partial charge in [0.25, 0.3) is 0 Å². The quantitative estimate of drug-likeness (QED) is 0.0287. The zero-order valence-corrected chi connectivity index (χ0v) is 50.0. The lowest BCUT2D eigenvalue weighted by Crippen LogP contribution is -2.72. The zero-order chi connectivity index (χ0) is 63.3. The molecule has 4 heterocycles. The number of rotatable bonds is 15. The molecule has 8 fully saturated rings. The van der Waals surface area contributed by atoms with Crippen LogP contribution < -0.4 is 0 Å². The number of aliphatic carboxylic acids is 1. The van der Waals surface area contributed by atoms with Gasteiger partial charge in [-0.1, -0.05) is 59.3 Å². The van der Waals surface area contributed by atoms with Gasteiger partial charge in [0, 0.05) is 24.3 Å². The number of hydrogen-bond donors (Lipinski definition) is 13. The molecular formula is C59H90O27. The van der Waals surface area contributed by atoms with Gasteiger partial charge in [0.15, 0.2) is 37.6 Å². The Kier molecular flexibility index (Phi) is 19.3. The number of carboxylic acid groups (broad SMARTS) is 1. The molecule has 30 atom stereocenters. The smallest absolute Gasteiger partial charge is 0.335 e. The van der Waals surface area contributed by atoms with Crippen LogP contribution in [0.4, 0.5) is 0 Å². The first-order valence-electron chi connectivity index (χ1n) is 29.9. The third kappa shape index (κ3) is 11.0. The molecule has 9 rings (SSSR count). The van der Waals surface area contributed by atoms with E-state index in [4.69, 9.17) is 47.4 Å². The molecule has 0 aromatic heterocycles. The number of aliphatic hydroxyl groups is 12. The van der Waals surface area contributed by atoms with Crippen LogP contribution in [0.2, 0.25) is 0 Å². The van der Waals surface area contributed by atoms with E-state index in [0.29, 0.717) is 37.7 Å². The number of fused-ring (bicyclic) bond motifs is 7. The fourth-order valence-electron chi connectivity index (χ4n) is 17.0. The van der Waals surface area contributed by atoms with Crippen LogP contribution in [0.1, 0.15) is 114 Å². The molecule has 4 saturated carbocycles. The Morgan fingerprint density at radius 3 is 2.00 bits per heavy atom. The van der Waals surface area contributed by atoms with Gasteiger partial charge in [-0.05, 0) is 92.8 Å². The molecule has 0 spiro atoms. The first-order chi connectivity index (χ1) is 40.2. The van der Waals surface area contributed by atoms with Crippen LogP contribution in [-0.2, 0) is 66.5 Å². The molecule has 0 aromatic rings. The molecular weight excluding hydrogens is 1140 g/mol. The zero-order valence-electron chi connectivity index (χ0n) is 50.0. The predicted octanol–water partition coefficient (Wildman–Crippen LogP) is -1.66. The van der Waals surface area contributed by atoms with Crippen molar-refractivity contribution in [1.82, 2.24) is 0 Å². The average Bonchev–Trinajstić information content (AvgIpc) is 0.671. The van der Waals surface area contributed by atoms with Gasteiger partial charge in [-0.3, -0.25) is 4.79 Å². The second kappa shape index (κ2) is 24.8. The molecule has 488 valence electrons. The van der Waals surface area contributed by atoms with Crippen LogP contribution >= 0.6 is 0 Å². The third-order valence-electron chi connectivity index (χ3n) is 22.2. The van der Waals surface area contributed by atoms with Gasteiger partial charge >= 0.3 is 17.9 Å². The van der Waals surface area contributed by atoms with Crippen molar-refractivity contribution in [2.24, 2.45) is 50.2 Å². The van der Waals surface area contributed by atoms with E-state index >= 15 is 0 Å². The molecule has 5 aliphatic carbocycles. The lowest BCUT2D eigenvalue weighted by atomic mass is 9.33. The molecule has 0 unspecified atom stereocenters. The number of carbonyl (C=O) groups excluding carboxylic acids is 3. The maximum Gasteiger partial charge on any atom is 0.335 e. The summed E-state index contributed by atoms with van der Waals surface area (Å²) in [7, 11) is 0.